The molecule has 5 nitrogen and oxygen atoms in total. The van der Waals surface area contributed by atoms with Gasteiger partial charge in [0.15, 0.2) is 0 Å². The summed E-state index contributed by atoms with van der Waals surface area (Å²) in [4.78, 5) is 4.68. The highest BCUT2D eigenvalue weighted by molar-refractivity contribution is 5.99. The predicted octanol–water partition coefficient (Wildman–Crippen LogP) is 5.81. The minimum atomic E-state index is 0.753. The van der Waals surface area contributed by atoms with E-state index in [4.69, 9.17) is 0 Å². The van der Waals surface area contributed by atoms with Gasteiger partial charge in [0, 0.05) is 35.8 Å². The molecule has 0 aliphatic rings. The van der Waals surface area contributed by atoms with Gasteiger partial charge in [-0.1, -0.05) is 54.6 Å². The van der Waals surface area contributed by atoms with Crippen molar-refractivity contribution >= 4 is 34.1 Å². The first-order chi connectivity index (χ1) is 15.2. The van der Waals surface area contributed by atoms with E-state index in [1.807, 2.05) is 24.4 Å². The fraction of sp³-hybridized carbons (Fsp3) is 0.154. The number of para-hydroxylation sites is 3. The van der Waals surface area contributed by atoms with Gasteiger partial charge in [0.05, 0.1) is 17.2 Å². The number of anilines is 1. The molecule has 5 heteroatoms. The first-order valence-corrected chi connectivity index (χ1v) is 10.6. The molecule has 0 radical (unpaired) electrons. The summed E-state index contributed by atoms with van der Waals surface area (Å²) in [7, 11) is 0. The zero-order valence-electron chi connectivity index (χ0n) is 17.8. The smallest absolute Gasteiger partial charge is 0.224 e. The number of nitrogens with zero attached hydrogens (tertiary/aromatic N) is 4. The van der Waals surface area contributed by atoms with Crippen LogP contribution < -0.4 is 5.43 Å². The number of aryl methyl sites for hydroxylation is 2. The van der Waals surface area contributed by atoms with Gasteiger partial charge < -0.3 is 9.13 Å². The van der Waals surface area contributed by atoms with Gasteiger partial charge in [-0.3, -0.25) is 0 Å². The fourth-order valence-corrected chi connectivity index (χ4v) is 4.12. The van der Waals surface area contributed by atoms with E-state index in [0.29, 0.717) is 0 Å². The molecule has 0 saturated carbocycles. The summed E-state index contributed by atoms with van der Waals surface area (Å²) in [6.07, 6.45) is 4.06. The topological polar surface area (TPSA) is 47.1 Å². The first-order valence-electron chi connectivity index (χ1n) is 10.6. The number of nitrogens with one attached hydrogen (secondary N) is 1. The number of imidazole rings is 1. The Balaban J connectivity index is 1.46. The number of aromatic nitrogens is 3. The van der Waals surface area contributed by atoms with Crippen molar-refractivity contribution in [3.63, 3.8) is 0 Å². The summed E-state index contributed by atoms with van der Waals surface area (Å²) in [5, 5.41) is 5.72. The van der Waals surface area contributed by atoms with Gasteiger partial charge in [0.25, 0.3) is 0 Å². The van der Waals surface area contributed by atoms with E-state index in [9.17, 15) is 0 Å². The molecule has 0 bridgehead atoms. The fourth-order valence-electron chi connectivity index (χ4n) is 4.12. The van der Waals surface area contributed by atoms with Crippen LogP contribution in [0.1, 0.15) is 23.6 Å². The SMILES string of the molecule is CCn1c(N/N=C\c2cn(Cc3ccccc3C)c3ccccc23)nc2ccccc21. The van der Waals surface area contributed by atoms with Crippen LogP contribution in [0.3, 0.4) is 0 Å². The molecule has 3 aromatic carbocycles. The molecule has 1 N–H and O–H groups in total. The van der Waals surface area contributed by atoms with Crippen molar-refractivity contribution in [3.05, 3.63) is 95.7 Å². The summed E-state index contributed by atoms with van der Waals surface area (Å²) in [6, 6.07) is 25.1. The quantitative estimate of drug-likeness (QED) is 0.285. The summed E-state index contributed by atoms with van der Waals surface area (Å²) in [5.41, 5.74) is 10.1. The van der Waals surface area contributed by atoms with Gasteiger partial charge in [-0.15, -0.1) is 0 Å². The van der Waals surface area contributed by atoms with E-state index in [-0.39, 0.29) is 0 Å². The Morgan fingerprint density at radius 2 is 1.68 bits per heavy atom. The average molecular weight is 408 g/mol. The van der Waals surface area contributed by atoms with E-state index in [2.05, 4.69) is 99.3 Å². The van der Waals surface area contributed by atoms with Gasteiger partial charge in [-0.25, -0.2) is 10.4 Å². The summed E-state index contributed by atoms with van der Waals surface area (Å²) in [6.45, 7) is 5.93. The van der Waals surface area contributed by atoms with E-state index in [1.165, 1.54) is 22.0 Å². The van der Waals surface area contributed by atoms with Crippen molar-refractivity contribution in [1.82, 2.24) is 14.1 Å². The van der Waals surface area contributed by atoms with E-state index < -0.39 is 0 Å². The molecule has 2 heterocycles. The molecule has 0 fully saturated rings. The Morgan fingerprint density at radius 1 is 0.935 bits per heavy atom. The number of rotatable bonds is 6. The Kier molecular flexibility index (Phi) is 5.00. The lowest BCUT2D eigenvalue weighted by molar-refractivity contribution is 0.791. The lowest BCUT2D eigenvalue weighted by Crippen LogP contribution is -2.02. The molecule has 0 atom stereocenters. The lowest BCUT2D eigenvalue weighted by atomic mass is 10.1. The van der Waals surface area contributed by atoms with Crippen molar-refractivity contribution in [2.75, 3.05) is 5.43 Å². The van der Waals surface area contributed by atoms with Crippen LogP contribution in [0.25, 0.3) is 21.9 Å². The standard InChI is InChI=1S/C26H25N5/c1-3-31-25-15-9-7-13-23(25)28-26(31)29-27-16-21-18-30(24-14-8-6-12-22(21)24)17-20-11-5-4-10-19(20)2/h4-16,18H,3,17H2,1-2H3,(H,28,29)/b27-16-. The minimum absolute atomic E-state index is 0.753. The molecule has 0 spiro atoms. The monoisotopic (exact) mass is 407 g/mol. The van der Waals surface area contributed by atoms with Crippen LogP contribution >= 0.6 is 0 Å². The highest BCUT2D eigenvalue weighted by atomic mass is 15.4. The molecule has 0 saturated heterocycles. The summed E-state index contributed by atoms with van der Waals surface area (Å²) in [5.74, 6) is 0.753. The van der Waals surface area contributed by atoms with E-state index >= 15 is 0 Å². The second kappa shape index (κ2) is 8.11. The maximum Gasteiger partial charge on any atom is 0.224 e. The molecule has 0 amide bonds. The van der Waals surface area contributed by atoms with Crippen molar-refractivity contribution in [3.8, 4) is 0 Å². The van der Waals surface area contributed by atoms with Crippen LogP contribution in [0.4, 0.5) is 5.95 Å². The number of benzene rings is 3. The second-order valence-electron chi connectivity index (χ2n) is 7.69. The van der Waals surface area contributed by atoms with Crippen LogP contribution in [-0.4, -0.2) is 20.3 Å². The number of hydrogen-bond donors (Lipinski definition) is 1. The van der Waals surface area contributed by atoms with E-state index in [1.54, 1.807) is 0 Å². The second-order valence-corrected chi connectivity index (χ2v) is 7.69. The van der Waals surface area contributed by atoms with Gasteiger partial charge in [0.1, 0.15) is 0 Å². The Bertz CT molecular complexity index is 1390. The van der Waals surface area contributed by atoms with Crippen molar-refractivity contribution in [2.45, 2.75) is 26.9 Å². The van der Waals surface area contributed by atoms with Crippen molar-refractivity contribution < 1.29 is 0 Å². The molecule has 154 valence electrons. The normalized spacial score (nSPS) is 11.7. The minimum Gasteiger partial charge on any atom is -0.342 e. The van der Waals surface area contributed by atoms with E-state index in [0.717, 1.165) is 35.6 Å². The molecule has 5 aromatic rings. The molecule has 31 heavy (non-hydrogen) atoms. The van der Waals surface area contributed by atoms with Crippen LogP contribution in [0.5, 0.6) is 0 Å². The zero-order valence-corrected chi connectivity index (χ0v) is 17.8. The molecule has 0 unspecified atom stereocenters. The van der Waals surface area contributed by atoms with Gasteiger partial charge in [-0.05, 0) is 43.2 Å². The van der Waals surface area contributed by atoms with Crippen molar-refractivity contribution in [2.24, 2.45) is 5.10 Å². The first kappa shape index (κ1) is 19.1. The predicted molar refractivity (Wildman–Crippen MR) is 129 cm³/mol. The molecule has 0 aliphatic heterocycles. The zero-order chi connectivity index (χ0) is 21.2. The maximum atomic E-state index is 4.68. The number of hydrogen-bond acceptors (Lipinski definition) is 3. The summed E-state index contributed by atoms with van der Waals surface area (Å²) < 4.78 is 4.43. The van der Waals surface area contributed by atoms with Crippen molar-refractivity contribution in [1.29, 1.82) is 0 Å². The van der Waals surface area contributed by atoms with Crippen LogP contribution in [0.15, 0.2) is 84.1 Å². The third-order valence-electron chi connectivity index (χ3n) is 5.76. The Morgan fingerprint density at radius 3 is 2.52 bits per heavy atom. The van der Waals surface area contributed by atoms with Gasteiger partial charge >= 0.3 is 0 Å². The molecular formula is C26H25N5. The third-order valence-corrected chi connectivity index (χ3v) is 5.76. The average Bonchev–Trinajstić information content (AvgIpc) is 3.33. The van der Waals surface area contributed by atoms with Gasteiger partial charge in [-0.2, -0.15) is 5.10 Å². The Labute approximate surface area is 181 Å². The third kappa shape index (κ3) is 3.59. The Hall–Kier alpha value is -3.86. The molecule has 2 aromatic heterocycles. The number of fused-ring (bicyclic) bond motifs is 2. The van der Waals surface area contributed by atoms with Crippen LogP contribution in [0, 0.1) is 6.92 Å². The van der Waals surface area contributed by atoms with Crippen LogP contribution in [0.2, 0.25) is 0 Å². The molecule has 0 aliphatic carbocycles. The molecule has 5 rings (SSSR count). The highest BCUT2D eigenvalue weighted by Crippen LogP contribution is 2.23. The summed E-state index contributed by atoms with van der Waals surface area (Å²) >= 11 is 0. The molecular weight excluding hydrogens is 382 g/mol. The maximum absolute atomic E-state index is 4.68. The highest BCUT2D eigenvalue weighted by Gasteiger charge is 2.10. The van der Waals surface area contributed by atoms with Gasteiger partial charge in [0.2, 0.25) is 5.95 Å². The lowest BCUT2D eigenvalue weighted by Gasteiger charge is -2.08. The largest absolute Gasteiger partial charge is 0.342 e. The van der Waals surface area contributed by atoms with Crippen LogP contribution in [-0.2, 0) is 13.1 Å². The number of hydrazone groups is 1.